The van der Waals surface area contributed by atoms with Crippen LogP contribution in [0.3, 0.4) is 0 Å². The minimum absolute atomic E-state index is 0.0362. The number of amides is 1. The minimum Gasteiger partial charge on any atom is -0.365 e. The topological polar surface area (TPSA) is 65.1 Å². The van der Waals surface area contributed by atoms with E-state index in [1.165, 1.54) is 0 Å². The summed E-state index contributed by atoms with van der Waals surface area (Å²) in [4.78, 5) is 20.7. The smallest absolute Gasteiger partial charge is 0.255 e. The third kappa shape index (κ3) is 2.85. The Bertz CT molecular complexity index is 671. The molecule has 0 unspecified atom stereocenters. The van der Waals surface area contributed by atoms with Crippen molar-refractivity contribution in [2.45, 2.75) is 13.8 Å². The molecule has 0 bridgehead atoms. The molecular weight excluding hydrogens is 346 g/mol. The molecule has 2 aromatic rings. The highest BCUT2D eigenvalue weighted by Crippen LogP contribution is 2.23. The Hall–Kier alpha value is -1.89. The van der Waals surface area contributed by atoms with Crippen LogP contribution in [-0.2, 0) is 0 Å². The van der Waals surface area contributed by atoms with Crippen LogP contribution in [0.5, 0.6) is 0 Å². The summed E-state index contributed by atoms with van der Waals surface area (Å²) in [5.74, 6) is 0.0362. The number of nitrogens with zero attached hydrogens (tertiary/aromatic N) is 4. The quantitative estimate of drug-likeness (QED) is 0.887. The molecule has 116 valence electrons. The van der Waals surface area contributed by atoms with Gasteiger partial charge in [0, 0.05) is 43.0 Å². The first kappa shape index (κ1) is 15.0. The average Bonchev–Trinajstić information content (AvgIpc) is 2.86. The van der Waals surface area contributed by atoms with Gasteiger partial charge in [-0.2, -0.15) is 5.10 Å². The van der Waals surface area contributed by atoms with Gasteiger partial charge in [0.2, 0.25) is 0 Å². The zero-order chi connectivity index (χ0) is 15.7. The number of halogens is 1. The largest absolute Gasteiger partial charge is 0.365 e. The highest BCUT2D eigenvalue weighted by atomic mass is 79.9. The van der Waals surface area contributed by atoms with E-state index in [0.717, 1.165) is 34.6 Å². The van der Waals surface area contributed by atoms with E-state index in [1.54, 1.807) is 12.4 Å². The zero-order valence-corrected chi connectivity index (χ0v) is 14.2. The minimum atomic E-state index is 0.0362. The van der Waals surface area contributed by atoms with Crippen LogP contribution in [0.1, 0.15) is 21.7 Å². The van der Waals surface area contributed by atoms with E-state index in [-0.39, 0.29) is 5.91 Å². The number of anilines is 1. The predicted molar refractivity (Wildman–Crippen MR) is 88.1 cm³/mol. The van der Waals surface area contributed by atoms with E-state index in [9.17, 15) is 4.79 Å². The summed E-state index contributed by atoms with van der Waals surface area (Å²) in [5.41, 5.74) is 3.87. The molecular formula is C15H18BrN5O. The van der Waals surface area contributed by atoms with Crippen molar-refractivity contribution in [3.63, 3.8) is 0 Å². The third-order valence-corrected chi connectivity index (χ3v) is 4.36. The Kier molecular flexibility index (Phi) is 4.15. The summed E-state index contributed by atoms with van der Waals surface area (Å²) in [7, 11) is 0. The van der Waals surface area contributed by atoms with E-state index < -0.39 is 0 Å². The van der Waals surface area contributed by atoms with Gasteiger partial charge in [-0.1, -0.05) is 0 Å². The second-order valence-electron chi connectivity index (χ2n) is 5.45. The monoisotopic (exact) mass is 363 g/mol. The van der Waals surface area contributed by atoms with Gasteiger partial charge in [0.25, 0.3) is 5.91 Å². The summed E-state index contributed by atoms with van der Waals surface area (Å²) in [5, 5.41) is 7.26. The van der Waals surface area contributed by atoms with Crippen LogP contribution in [0.2, 0.25) is 0 Å². The lowest BCUT2D eigenvalue weighted by Crippen LogP contribution is -2.49. The number of carbonyl (C=O) groups is 1. The number of H-pyrrole nitrogens is 1. The molecule has 3 heterocycles. The van der Waals surface area contributed by atoms with Crippen LogP contribution in [0.25, 0.3) is 0 Å². The van der Waals surface area contributed by atoms with Crippen LogP contribution in [0.4, 0.5) is 5.69 Å². The lowest BCUT2D eigenvalue weighted by atomic mass is 10.2. The molecule has 6 nitrogen and oxygen atoms in total. The van der Waals surface area contributed by atoms with Crippen LogP contribution in [0, 0.1) is 13.8 Å². The maximum Gasteiger partial charge on any atom is 0.255 e. The van der Waals surface area contributed by atoms with Gasteiger partial charge in [0.05, 0.1) is 22.6 Å². The van der Waals surface area contributed by atoms with Gasteiger partial charge in [-0.3, -0.25) is 14.9 Å². The SMILES string of the molecule is Cc1n[nH]c(C)c1N1CCN(C(=O)c2cncc(Br)c2)CC1. The van der Waals surface area contributed by atoms with E-state index in [2.05, 4.69) is 36.0 Å². The van der Waals surface area contributed by atoms with Crippen LogP contribution in [-0.4, -0.2) is 52.2 Å². The molecule has 0 radical (unpaired) electrons. The first-order chi connectivity index (χ1) is 10.6. The van der Waals surface area contributed by atoms with E-state index >= 15 is 0 Å². The lowest BCUT2D eigenvalue weighted by molar-refractivity contribution is 0.0746. The van der Waals surface area contributed by atoms with Gasteiger partial charge < -0.3 is 9.80 Å². The molecule has 0 aromatic carbocycles. The summed E-state index contributed by atoms with van der Waals surface area (Å²) >= 11 is 3.35. The predicted octanol–water partition coefficient (Wildman–Crippen LogP) is 2.15. The maximum absolute atomic E-state index is 12.5. The van der Waals surface area contributed by atoms with Crippen molar-refractivity contribution in [2.75, 3.05) is 31.1 Å². The number of aryl methyl sites for hydroxylation is 2. The Morgan fingerprint density at radius 2 is 1.95 bits per heavy atom. The van der Waals surface area contributed by atoms with Gasteiger partial charge in [-0.25, -0.2) is 0 Å². The van der Waals surface area contributed by atoms with Gasteiger partial charge in [-0.15, -0.1) is 0 Å². The van der Waals surface area contributed by atoms with Crippen LogP contribution < -0.4 is 4.90 Å². The Labute approximate surface area is 137 Å². The summed E-state index contributed by atoms with van der Waals surface area (Å²) < 4.78 is 0.821. The van der Waals surface area contributed by atoms with Crippen molar-refractivity contribution in [2.24, 2.45) is 0 Å². The molecule has 1 saturated heterocycles. The molecule has 0 aliphatic carbocycles. The molecule has 3 rings (SSSR count). The number of pyridine rings is 1. The fourth-order valence-electron chi connectivity index (χ4n) is 2.86. The Morgan fingerprint density at radius 3 is 2.55 bits per heavy atom. The van der Waals surface area contributed by atoms with E-state index in [1.807, 2.05) is 24.8 Å². The molecule has 22 heavy (non-hydrogen) atoms. The number of hydrogen-bond acceptors (Lipinski definition) is 4. The Balaban J connectivity index is 1.68. The van der Waals surface area contributed by atoms with Crippen molar-refractivity contribution in [3.05, 3.63) is 39.9 Å². The van der Waals surface area contributed by atoms with Crippen molar-refractivity contribution < 1.29 is 4.79 Å². The zero-order valence-electron chi connectivity index (χ0n) is 12.6. The number of rotatable bonds is 2. The molecule has 1 amide bonds. The number of aromatic amines is 1. The van der Waals surface area contributed by atoms with E-state index in [0.29, 0.717) is 18.7 Å². The fraction of sp³-hybridized carbons (Fsp3) is 0.400. The second-order valence-corrected chi connectivity index (χ2v) is 6.37. The second kappa shape index (κ2) is 6.08. The molecule has 0 saturated carbocycles. The van der Waals surface area contributed by atoms with Crippen molar-refractivity contribution in [1.29, 1.82) is 0 Å². The molecule has 1 N–H and O–H groups in total. The lowest BCUT2D eigenvalue weighted by Gasteiger charge is -2.36. The molecule has 1 fully saturated rings. The highest BCUT2D eigenvalue weighted by Gasteiger charge is 2.24. The molecule has 2 aromatic heterocycles. The summed E-state index contributed by atoms with van der Waals surface area (Å²) in [6.45, 7) is 7.07. The van der Waals surface area contributed by atoms with Gasteiger partial charge in [-0.05, 0) is 35.8 Å². The number of aromatic nitrogens is 3. The van der Waals surface area contributed by atoms with Gasteiger partial charge in [0.1, 0.15) is 0 Å². The van der Waals surface area contributed by atoms with Crippen molar-refractivity contribution in [1.82, 2.24) is 20.1 Å². The van der Waals surface area contributed by atoms with Gasteiger partial charge in [0.15, 0.2) is 0 Å². The molecule has 1 aliphatic rings. The average molecular weight is 364 g/mol. The number of hydrogen-bond donors (Lipinski definition) is 1. The number of carbonyl (C=O) groups excluding carboxylic acids is 1. The van der Waals surface area contributed by atoms with E-state index in [4.69, 9.17) is 0 Å². The normalized spacial score (nSPS) is 15.2. The molecule has 0 atom stereocenters. The van der Waals surface area contributed by atoms with Crippen molar-refractivity contribution in [3.8, 4) is 0 Å². The van der Waals surface area contributed by atoms with Crippen LogP contribution in [0.15, 0.2) is 22.9 Å². The van der Waals surface area contributed by atoms with Crippen molar-refractivity contribution >= 4 is 27.5 Å². The number of nitrogens with one attached hydrogen (secondary N) is 1. The fourth-order valence-corrected chi connectivity index (χ4v) is 3.22. The van der Waals surface area contributed by atoms with Gasteiger partial charge >= 0.3 is 0 Å². The third-order valence-electron chi connectivity index (χ3n) is 3.92. The molecule has 0 spiro atoms. The number of piperazine rings is 1. The molecule has 1 aliphatic heterocycles. The molecule has 7 heteroatoms. The first-order valence-corrected chi connectivity index (χ1v) is 8.02. The highest BCUT2D eigenvalue weighted by molar-refractivity contribution is 9.10. The standard InChI is InChI=1S/C15H18BrN5O/c1-10-14(11(2)19-18-10)20-3-5-21(6-4-20)15(22)12-7-13(16)9-17-8-12/h7-9H,3-6H2,1-2H3,(H,18,19). The summed E-state index contributed by atoms with van der Waals surface area (Å²) in [6.07, 6.45) is 3.29. The maximum atomic E-state index is 12.5. The first-order valence-electron chi connectivity index (χ1n) is 7.22. The van der Waals surface area contributed by atoms with Crippen LogP contribution >= 0.6 is 15.9 Å². The Morgan fingerprint density at radius 1 is 1.23 bits per heavy atom. The summed E-state index contributed by atoms with van der Waals surface area (Å²) in [6, 6.07) is 1.81.